The fraction of sp³-hybridized carbons (Fsp3) is 0.316. The Morgan fingerprint density at radius 1 is 0.958 bits per heavy atom. The standard InChI is InChI=1S/C19H22N4O/c1-11-6-14(4)19(15(5)7-11)20-18(24)10-23-17-9-13(3)12(2)8-16(17)21-22-23/h6-9H,10H2,1-5H3,(H,20,24). The molecule has 0 aliphatic heterocycles. The van der Waals surface area contributed by atoms with E-state index < -0.39 is 0 Å². The Morgan fingerprint density at radius 3 is 2.25 bits per heavy atom. The zero-order valence-electron chi connectivity index (χ0n) is 14.8. The maximum atomic E-state index is 12.5. The lowest BCUT2D eigenvalue weighted by Gasteiger charge is -2.13. The van der Waals surface area contributed by atoms with E-state index in [1.807, 2.05) is 39.8 Å². The predicted molar refractivity (Wildman–Crippen MR) is 96.3 cm³/mol. The summed E-state index contributed by atoms with van der Waals surface area (Å²) in [5, 5.41) is 11.3. The van der Waals surface area contributed by atoms with E-state index in [1.165, 1.54) is 11.1 Å². The van der Waals surface area contributed by atoms with Gasteiger partial charge in [-0.15, -0.1) is 5.10 Å². The number of amides is 1. The molecule has 0 unspecified atom stereocenters. The number of aryl methyl sites for hydroxylation is 5. The van der Waals surface area contributed by atoms with Crippen LogP contribution in [-0.2, 0) is 11.3 Å². The number of anilines is 1. The molecular weight excluding hydrogens is 300 g/mol. The molecule has 0 bridgehead atoms. The van der Waals surface area contributed by atoms with Gasteiger partial charge in [0.2, 0.25) is 5.91 Å². The highest BCUT2D eigenvalue weighted by Crippen LogP contribution is 2.22. The number of benzene rings is 2. The van der Waals surface area contributed by atoms with E-state index in [0.29, 0.717) is 0 Å². The summed E-state index contributed by atoms with van der Waals surface area (Å²) in [7, 11) is 0. The summed E-state index contributed by atoms with van der Waals surface area (Å²) in [5.74, 6) is -0.102. The molecule has 3 rings (SSSR count). The molecule has 1 heterocycles. The lowest BCUT2D eigenvalue weighted by molar-refractivity contribution is -0.116. The molecule has 1 N–H and O–H groups in total. The second-order valence-electron chi connectivity index (χ2n) is 6.49. The van der Waals surface area contributed by atoms with Crippen LogP contribution in [0.25, 0.3) is 11.0 Å². The second-order valence-corrected chi connectivity index (χ2v) is 6.49. The molecule has 0 aliphatic carbocycles. The summed E-state index contributed by atoms with van der Waals surface area (Å²) >= 11 is 0. The van der Waals surface area contributed by atoms with Gasteiger partial charge in [0.25, 0.3) is 0 Å². The Morgan fingerprint density at radius 2 is 1.58 bits per heavy atom. The van der Waals surface area contributed by atoms with Crippen LogP contribution in [0.5, 0.6) is 0 Å². The average Bonchev–Trinajstić information content (AvgIpc) is 2.85. The summed E-state index contributed by atoms with van der Waals surface area (Å²) in [6, 6.07) is 8.17. The number of nitrogens with zero attached hydrogens (tertiary/aromatic N) is 3. The molecule has 0 aliphatic rings. The Balaban J connectivity index is 1.85. The first-order chi connectivity index (χ1) is 11.3. The van der Waals surface area contributed by atoms with Gasteiger partial charge in [-0.2, -0.15) is 0 Å². The maximum absolute atomic E-state index is 12.5. The molecule has 0 saturated carbocycles. The van der Waals surface area contributed by atoms with Gasteiger partial charge in [-0.25, -0.2) is 4.68 Å². The zero-order chi connectivity index (χ0) is 17.4. The first-order valence-corrected chi connectivity index (χ1v) is 8.03. The summed E-state index contributed by atoms with van der Waals surface area (Å²) in [5.41, 5.74) is 8.23. The molecule has 124 valence electrons. The van der Waals surface area contributed by atoms with Crippen molar-refractivity contribution in [2.75, 3.05) is 5.32 Å². The largest absolute Gasteiger partial charge is 0.324 e. The minimum Gasteiger partial charge on any atom is -0.324 e. The molecule has 0 spiro atoms. The molecule has 1 aromatic heterocycles. The number of aromatic nitrogens is 3. The number of carbonyl (C=O) groups excluding carboxylic acids is 1. The molecule has 0 fully saturated rings. The lowest BCUT2D eigenvalue weighted by Crippen LogP contribution is -2.20. The minimum atomic E-state index is -0.102. The van der Waals surface area contributed by atoms with E-state index in [4.69, 9.17) is 0 Å². The van der Waals surface area contributed by atoms with Crippen LogP contribution in [0.2, 0.25) is 0 Å². The molecule has 3 aromatic rings. The van der Waals surface area contributed by atoms with Gasteiger partial charge in [0, 0.05) is 5.69 Å². The first-order valence-electron chi connectivity index (χ1n) is 8.03. The molecule has 0 saturated heterocycles. The lowest BCUT2D eigenvalue weighted by atomic mass is 10.1. The van der Waals surface area contributed by atoms with Crippen LogP contribution in [0, 0.1) is 34.6 Å². The van der Waals surface area contributed by atoms with E-state index in [9.17, 15) is 4.79 Å². The summed E-state index contributed by atoms with van der Waals surface area (Å²) < 4.78 is 1.65. The Kier molecular flexibility index (Phi) is 4.09. The zero-order valence-corrected chi connectivity index (χ0v) is 14.8. The van der Waals surface area contributed by atoms with Crippen LogP contribution < -0.4 is 5.32 Å². The van der Waals surface area contributed by atoms with E-state index in [2.05, 4.69) is 34.7 Å². The molecule has 5 nitrogen and oxygen atoms in total. The average molecular weight is 322 g/mol. The second kappa shape index (κ2) is 6.07. The van der Waals surface area contributed by atoms with Crippen molar-refractivity contribution in [1.29, 1.82) is 0 Å². The highest BCUT2D eigenvalue weighted by Gasteiger charge is 2.12. The molecule has 24 heavy (non-hydrogen) atoms. The molecule has 2 aromatic carbocycles. The Bertz CT molecular complexity index is 917. The van der Waals surface area contributed by atoms with Gasteiger partial charge in [-0.05, 0) is 69.0 Å². The number of hydrogen-bond donors (Lipinski definition) is 1. The fourth-order valence-corrected chi connectivity index (χ4v) is 3.03. The van der Waals surface area contributed by atoms with Crippen LogP contribution in [-0.4, -0.2) is 20.9 Å². The monoisotopic (exact) mass is 322 g/mol. The van der Waals surface area contributed by atoms with Gasteiger partial charge >= 0.3 is 0 Å². The van der Waals surface area contributed by atoms with Gasteiger partial charge in [0.05, 0.1) is 5.52 Å². The summed E-state index contributed by atoms with van der Waals surface area (Å²) in [6.07, 6.45) is 0. The third kappa shape index (κ3) is 3.02. The van der Waals surface area contributed by atoms with Gasteiger partial charge in [0.1, 0.15) is 12.1 Å². The van der Waals surface area contributed by atoms with E-state index in [1.54, 1.807) is 4.68 Å². The summed E-state index contributed by atoms with van der Waals surface area (Å²) in [6.45, 7) is 10.3. The van der Waals surface area contributed by atoms with Crippen LogP contribution >= 0.6 is 0 Å². The number of hydrogen-bond acceptors (Lipinski definition) is 3. The van der Waals surface area contributed by atoms with Gasteiger partial charge < -0.3 is 5.32 Å². The van der Waals surface area contributed by atoms with Crippen molar-refractivity contribution in [2.45, 2.75) is 41.2 Å². The highest BCUT2D eigenvalue weighted by atomic mass is 16.2. The highest BCUT2D eigenvalue weighted by molar-refractivity contribution is 5.93. The molecule has 1 amide bonds. The van der Waals surface area contributed by atoms with Gasteiger partial charge in [-0.3, -0.25) is 4.79 Å². The van der Waals surface area contributed by atoms with Crippen molar-refractivity contribution in [3.63, 3.8) is 0 Å². The SMILES string of the molecule is Cc1cc(C)c(NC(=O)Cn2nnc3cc(C)c(C)cc32)c(C)c1. The number of nitrogens with one attached hydrogen (secondary N) is 1. The Hall–Kier alpha value is -2.69. The van der Waals surface area contributed by atoms with Crippen molar-refractivity contribution in [1.82, 2.24) is 15.0 Å². The molecular formula is C19H22N4O. The van der Waals surface area contributed by atoms with E-state index in [0.717, 1.165) is 33.4 Å². The molecule has 0 atom stereocenters. The van der Waals surface area contributed by atoms with Crippen molar-refractivity contribution in [3.8, 4) is 0 Å². The van der Waals surface area contributed by atoms with Crippen LogP contribution in [0.3, 0.4) is 0 Å². The fourth-order valence-electron chi connectivity index (χ4n) is 3.03. The smallest absolute Gasteiger partial charge is 0.246 e. The number of fused-ring (bicyclic) bond motifs is 1. The summed E-state index contributed by atoms with van der Waals surface area (Å²) in [4.78, 5) is 12.5. The van der Waals surface area contributed by atoms with E-state index in [-0.39, 0.29) is 12.5 Å². The number of carbonyl (C=O) groups is 1. The first kappa shape index (κ1) is 16.2. The quantitative estimate of drug-likeness (QED) is 0.801. The topological polar surface area (TPSA) is 59.8 Å². The Labute approximate surface area is 141 Å². The normalized spacial score (nSPS) is 11.0. The van der Waals surface area contributed by atoms with Crippen molar-refractivity contribution in [3.05, 3.63) is 52.1 Å². The third-order valence-electron chi connectivity index (χ3n) is 4.36. The van der Waals surface area contributed by atoms with Crippen molar-refractivity contribution in [2.24, 2.45) is 0 Å². The maximum Gasteiger partial charge on any atom is 0.246 e. The molecule has 5 heteroatoms. The van der Waals surface area contributed by atoms with Crippen LogP contribution in [0.4, 0.5) is 5.69 Å². The van der Waals surface area contributed by atoms with Crippen molar-refractivity contribution < 1.29 is 4.79 Å². The van der Waals surface area contributed by atoms with Gasteiger partial charge in [0.15, 0.2) is 0 Å². The third-order valence-corrected chi connectivity index (χ3v) is 4.36. The van der Waals surface area contributed by atoms with E-state index >= 15 is 0 Å². The predicted octanol–water partition coefficient (Wildman–Crippen LogP) is 3.61. The van der Waals surface area contributed by atoms with Crippen LogP contribution in [0.15, 0.2) is 24.3 Å². The van der Waals surface area contributed by atoms with Gasteiger partial charge in [-0.1, -0.05) is 22.9 Å². The number of rotatable bonds is 3. The van der Waals surface area contributed by atoms with Crippen molar-refractivity contribution >= 4 is 22.6 Å². The van der Waals surface area contributed by atoms with Crippen LogP contribution in [0.1, 0.15) is 27.8 Å². The molecule has 0 radical (unpaired) electrons. The minimum absolute atomic E-state index is 0.102.